The zero-order valence-electron chi connectivity index (χ0n) is 16.5. The van der Waals surface area contributed by atoms with Crippen molar-refractivity contribution in [1.82, 2.24) is 30.6 Å². The van der Waals surface area contributed by atoms with Gasteiger partial charge in [-0.3, -0.25) is 24.4 Å². The molecular weight excluding hydrogens is 386 g/mol. The minimum Gasteiger partial charge on any atom is -0.369 e. The number of carbonyl (C=O) groups excluding carboxylic acids is 2. The lowest BCUT2D eigenvalue weighted by molar-refractivity contribution is -0.122. The Morgan fingerprint density at radius 3 is 2.77 bits per heavy atom. The number of fused-ring (bicyclic) bond motifs is 1. The standard InChI is InChI=1S/C20H25N7O3/c21-20-26-18-15(19(30)27-20)9-14(25-18)10-17(29)23-8-3-1-2-6-16(28)24-12-13-5-4-7-22-11-13/h4-5,7,9,11H,1-3,6,8,10,12H2,(H,23,29)(H,24,28)(H4,21,25,26,27,30). The van der Waals surface area contributed by atoms with Gasteiger partial charge in [0.25, 0.3) is 5.56 Å². The van der Waals surface area contributed by atoms with Crippen LogP contribution in [0.4, 0.5) is 5.95 Å². The second kappa shape index (κ2) is 10.2. The van der Waals surface area contributed by atoms with Crippen LogP contribution in [0.2, 0.25) is 0 Å². The van der Waals surface area contributed by atoms with E-state index < -0.39 is 0 Å². The number of rotatable bonds is 10. The number of amides is 2. The molecule has 0 bridgehead atoms. The van der Waals surface area contributed by atoms with E-state index in [0.29, 0.717) is 36.2 Å². The zero-order chi connectivity index (χ0) is 21.3. The number of aromatic nitrogens is 4. The van der Waals surface area contributed by atoms with Crippen molar-refractivity contribution in [3.8, 4) is 0 Å². The molecule has 0 saturated carbocycles. The average molecular weight is 411 g/mol. The number of hydrogen-bond donors (Lipinski definition) is 5. The summed E-state index contributed by atoms with van der Waals surface area (Å²) in [6.07, 6.45) is 6.37. The fraction of sp³-hybridized carbons (Fsp3) is 0.350. The molecule has 0 fully saturated rings. The van der Waals surface area contributed by atoms with Gasteiger partial charge in [0.2, 0.25) is 17.8 Å². The number of hydrogen-bond acceptors (Lipinski definition) is 6. The molecule has 0 aliphatic rings. The number of unbranched alkanes of at least 4 members (excludes halogenated alkanes) is 2. The predicted molar refractivity (Wildman–Crippen MR) is 112 cm³/mol. The second-order valence-electron chi connectivity index (χ2n) is 6.98. The van der Waals surface area contributed by atoms with Gasteiger partial charge in [0.05, 0.1) is 11.8 Å². The third-order valence-electron chi connectivity index (χ3n) is 4.54. The molecule has 3 aromatic heterocycles. The van der Waals surface area contributed by atoms with Gasteiger partial charge in [0, 0.05) is 37.6 Å². The van der Waals surface area contributed by atoms with Crippen molar-refractivity contribution in [2.45, 2.75) is 38.6 Å². The summed E-state index contributed by atoms with van der Waals surface area (Å²) in [5.74, 6) is -0.123. The number of H-pyrrole nitrogens is 2. The lowest BCUT2D eigenvalue weighted by atomic mass is 10.2. The Morgan fingerprint density at radius 2 is 1.97 bits per heavy atom. The summed E-state index contributed by atoms with van der Waals surface area (Å²) < 4.78 is 0. The second-order valence-corrected chi connectivity index (χ2v) is 6.98. The maximum absolute atomic E-state index is 12.1. The SMILES string of the molecule is Nc1nc2[nH]c(CC(=O)NCCCCCC(=O)NCc3cccnc3)cc2c(=O)[nH]1. The molecule has 3 rings (SSSR count). The highest BCUT2D eigenvalue weighted by atomic mass is 16.2. The first-order valence-corrected chi connectivity index (χ1v) is 9.81. The van der Waals surface area contributed by atoms with Crippen LogP contribution in [-0.4, -0.2) is 38.3 Å². The molecule has 158 valence electrons. The highest BCUT2D eigenvalue weighted by Gasteiger charge is 2.10. The Labute approximate surface area is 172 Å². The van der Waals surface area contributed by atoms with Gasteiger partial charge in [-0.15, -0.1) is 0 Å². The van der Waals surface area contributed by atoms with E-state index in [1.54, 1.807) is 18.5 Å². The summed E-state index contributed by atoms with van der Waals surface area (Å²) in [5, 5.41) is 6.07. The van der Waals surface area contributed by atoms with Crippen molar-refractivity contribution in [3.63, 3.8) is 0 Å². The van der Waals surface area contributed by atoms with Crippen LogP contribution in [0, 0.1) is 0 Å². The van der Waals surface area contributed by atoms with Gasteiger partial charge in [-0.05, 0) is 30.5 Å². The number of nitrogens with two attached hydrogens (primary N) is 1. The molecule has 0 saturated heterocycles. The van der Waals surface area contributed by atoms with Crippen molar-refractivity contribution in [2.24, 2.45) is 0 Å². The number of nitrogen functional groups attached to an aromatic ring is 1. The topological polar surface area (TPSA) is 159 Å². The van der Waals surface area contributed by atoms with Crippen LogP contribution >= 0.6 is 0 Å². The van der Waals surface area contributed by atoms with Crippen LogP contribution in [0.5, 0.6) is 0 Å². The Bertz CT molecular complexity index is 1060. The lowest BCUT2D eigenvalue weighted by Crippen LogP contribution is -2.26. The maximum Gasteiger partial charge on any atom is 0.261 e. The summed E-state index contributed by atoms with van der Waals surface area (Å²) in [4.78, 5) is 49.1. The molecule has 0 atom stereocenters. The van der Waals surface area contributed by atoms with Gasteiger partial charge in [-0.2, -0.15) is 4.98 Å². The maximum atomic E-state index is 12.1. The Kier molecular flexibility index (Phi) is 7.14. The van der Waals surface area contributed by atoms with Gasteiger partial charge in [-0.1, -0.05) is 12.5 Å². The van der Waals surface area contributed by atoms with Gasteiger partial charge >= 0.3 is 0 Å². The summed E-state index contributed by atoms with van der Waals surface area (Å²) in [5.41, 5.74) is 7.09. The highest BCUT2D eigenvalue weighted by Crippen LogP contribution is 2.10. The number of nitrogens with zero attached hydrogens (tertiary/aromatic N) is 2. The van der Waals surface area contributed by atoms with Crippen LogP contribution in [0.25, 0.3) is 11.0 Å². The summed E-state index contributed by atoms with van der Waals surface area (Å²) in [7, 11) is 0. The summed E-state index contributed by atoms with van der Waals surface area (Å²) >= 11 is 0. The van der Waals surface area contributed by atoms with Gasteiger partial charge in [0.1, 0.15) is 5.65 Å². The van der Waals surface area contributed by atoms with Gasteiger partial charge in [0.15, 0.2) is 0 Å². The number of pyridine rings is 1. The molecule has 3 aromatic rings. The summed E-state index contributed by atoms with van der Waals surface area (Å²) in [6, 6.07) is 5.35. The van der Waals surface area contributed by atoms with Crippen molar-refractivity contribution >= 4 is 28.8 Å². The first kappa shape index (κ1) is 21.0. The van der Waals surface area contributed by atoms with Crippen LogP contribution in [-0.2, 0) is 22.6 Å². The van der Waals surface area contributed by atoms with Crippen molar-refractivity contribution in [3.05, 3.63) is 52.2 Å². The normalized spacial score (nSPS) is 10.8. The van der Waals surface area contributed by atoms with E-state index in [9.17, 15) is 14.4 Å². The Hall–Kier alpha value is -3.69. The fourth-order valence-corrected chi connectivity index (χ4v) is 3.03. The molecule has 0 spiro atoms. The number of anilines is 1. The van der Waals surface area contributed by atoms with Crippen molar-refractivity contribution < 1.29 is 9.59 Å². The Balaban J connectivity index is 1.29. The van der Waals surface area contributed by atoms with Crippen molar-refractivity contribution in [2.75, 3.05) is 12.3 Å². The largest absolute Gasteiger partial charge is 0.369 e. The number of nitrogens with one attached hydrogen (secondary N) is 4. The van der Waals surface area contributed by atoms with Crippen molar-refractivity contribution in [1.29, 1.82) is 0 Å². The van der Waals surface area contributed by atoms with Crippen LogP contribution in [0.3, 0.4) is 0 Å². The molecular formula is C20H25N7O3. The van der Waals surface area contributed by atoms with E-state index in [4.69, 9.17) is 5.73 Å². The molecule has 6 N–H and O–H groups in total. The molecule has 10 nitrogen and oxygen atoms in total. The van der Waals surface area contributed by atoms with E-state index in [1.807, 2.05) is 12.1 Å². The van der Waals surface area contributed by atoms with Crippen LogP contribution < -0.4 is 21.9 Å². The predicted octanol–water partition coefficient (Wildman–Crippen LogP) is 0.764. The van der Waals surface area contributed by atoms with E-state index in [0.717, 1.165) is 24.8 Å². The number of carbonyl (C=O) groups is 2. The highest BCUT2D eigenvalue weighted by molar-refractivity contribution is 5.82. The molecule has 0 aliphatic heterocycles. The van der Waals surface area contributed by atoms with E-state index in [1.165, 1.54) is 0 Å². The lowest BCUT2D eigenvalue weighted by Gasteiger charge is -2.06. The first-order chi connectivity index (χ1) is 14.5. The first-order valence-electron chi connectivity index (χ1n) is 9.81. The minimum absolute atomic E-state index is 0.00549. The molecule has 0 aliphatic carbocycles. The number of aromatic amines is 2. The average Bonchev–Trinajstić information content (AvgIpc) is 3.12. The third kappa shape index (κ3) is 6.16. The van der Waals surface area contributed by atoms with E-state index in [2.05, 4.69) is 30.6 Å². The monoisotopic (exact) mass is 411 g/mol. The molecule has 2 amide bonds. The quantitative estimate of drug-likeness (QED) is 0.310. The molecule has 30 heavy (non-hydrogen) atoms. The molecule has 10 heteroatoms. The van der Waals surface area contributed by atoms with Crippen LogP contribution in [0.1, 0.15) is 36.9 Å². The smallest absolute Gasteiger partial charge is 0.261 e. The molecule has 0 unspecified atom stereocenters. The summed E-state index contributed by atoms with van der Waals surface area (Å²) in [6.45, 7) is 1.01. The molecule has 0 radical (unpaired) electrons. The Morgan fingerprint density at radius 1 is 1.10 bits per heavy atom. The minimum atomic E-state index is -0.343. The molecule has 0 aromatic carbocycles. The third-order valence-corrected chi connectivity index (χ3v) is 4.54. The van der Waals surface area contributed by atoms with Gasteiger partial charge < -0.3 is 21.4 Å². The molecule has 3 heterocycles. The van der Waals surface area contributed by atoms with Gasteiger partial charge in [-0.25, -0.2) is 0 Å². The fourth-order valence-electron chi connectivity index (χ4n) is 3.03. The zero-order valence-corrected chi connectivity index (χ0v) is 16.5. The van der Waals surface area contributed by atoms with Crippen LogP contribution in [0.15, 0.2) is 35.4 Å². The van der Waals surface area contributed by atoms with E-state index in [-0.39, 0.29) is 29.7 Å². The van der Waals surface area contributed by atoms with E-state index >= 15 is 0 Å².